The average Bonchev–Trinajstić information content (AvgIpc) is 2.97. The van der Waals surface area contributed by atoms with Gasteiger partial charge in [-0.2, -0.15) is 0 Å². The molecule has 0 atom stereocenters. The predicted molar refractivity (Wildman–Crippen MR) is 130 cm³/mol. The Morgan fingerprint density at radius 1 is 0.909 bits per heavy atom. The van der Waals surface area contributed by atoms with Crippen LogP contribution in [0.1, 0.15) is 15.9 Å². The number of nitrogens with zero attached hydrogens (tertiary/aromatic N) is 2. The van der Waals surface area contributed by atoms with Gasteiger partial charge in [0.25, 0.3) is 15.9 Å². The SMILES string of the molecule is Cc1cccc(NS(=O)(=O)c2ccc(Cl)c(C(=O)Nc3ccc4c(c3)n(C)c(=O)n4C)c2)c1. The van der Waals surface area contributed by atoms with Crippen LogP contribution in [0.3, 0.4) is 0 Å². The van der Waals surface area contributed by atoms with Gasteiger partial charge < -0.3 is 5.32 Å². The summed E-state index contributed by atoms with van der Waals surface area (Å²) in [4.78, 5) is 25.0. The number of hydrogen-bond acceptors (Lipinski definition) is 4. The molecule has 1 amide bonds. The van der Waals surface area contributed by atoms with Crippen molar-refractivity contribution in [3.8, 4) is 0 Å². The van der Waals surface area contributed by atoms with Gasteiger partial charge in [0.15, 0.2) is 0 Å². The van der Waals surface area contributed by atoms with E-state index in [1.54, 1.807) is 50.5 Å². The van der Waals surface area contributed by atoms with Crippen LogP contribution in [0.25, 0.3) is 11.0 Å². The van der Waals surface area contributed by atoms with Crippen LogP contribution in [-0.4, -0.2) is 23.5 Å². The van der Waals surface area contributed by atoms with Crippen LogP contribution < -0.4 is 15.7 Å². The van der Waals surface area contributed by atoms with E-state index in [2.05, 4.69) is 10.0 Å². The molecule has 0 fully saturated rings. The number of anilines is 2. The quantitative estimate of drug-likeness (QED) is 0.448. The summed E-state index contributed by atoms with van der Waals surface area (Å²) in [6, 6.07) is 15.9. The molecule has 0 saturated carbocycles. The van der Waals surface area contributed by atoms with E-state index in [9.17, 15) is 18.0 Å². The Balaban J connectivity index is 1.63. The van der Waals surface area contributed by atoms with Crippen molar-refractivity contribution in [1.82, 2.24) is 9.13 Å². The number of aryl methyl sites for hydroxylation is 3. The number of imidazole rings is 1. The summed E-state index contributed by atoms with van der Waals surface area (Å²) < 4.78 is 31.2. The van der Waals surface area contributed by atoms with E-state index < -0.39 is 15.9 Å². The van der Waals surface area contributed by atoms with Crippen LogP contribution in [0.15, 0.2) is 70.4 Å². The maximum Gasteiger partial charge on any atom is 0.328 e. The lowest BCUT2D eigenvalue weighted by Gasteiger charge is -2.12. The molecule has 4 rings (SSSR count). The lowest BCUT2D eigenvalue weighted by molar-refractivity contribution is 0.102. The maximum atomic E-state index is 12.9. The van der Waals surface area contributed by atoms with E-state index in [1.807, 2.05) is 13.0 Å². The molecule has 0 spiro atoms. The van der Waals surface area contributed by atoms with Crippen molar-refractivity contribution in [2.24, 2.45) is 14.1 Å². The van der Waals surface area contributed by atoms with Crippen molar-refractivity contribution in [2.75, 3.05) is 10.0 Å². The van der Waals surface area contributed by atoms with Gasteiger partial charge in [0.05, 0.1) is 26.5 Å². The molecular formula is C23H21ClN4O4S. The molecule has 1 heterocycles. The molecule has 170 valence electrons. The summed E-state index contributed by atoms with van der Waals surface area (Å²) in [6.45, 7) is 1.85. The molecule has 2 N–H and O–H groups in total. The minimum absolute atomic E-state index is 0.00540. The van der Waals surface area contributed by atoms with Crippen molar-refractivity contribution in [3.05, 3.63) is 87.3 Å². The second-order valence-corrected chi connectivity index (χ2v) is 9.76. The topological polar surface area (TPSA) is 102 Å². The number of nitrogens with one attached hydrogen (secondary N) is 2. The molecule has 10 heteroatoms. The molecule has 0 aliphatic carbocycles. The number of benzene rings is 3. The van der Waals surface area contributed by atoms with Crippen LogP contribution in [0.5, 0.6) is 0 Å². The smallest absolute Gasteiger partial charge is 0.322 e. The summed E-state index contributed by atoms with van der Waals surface area (Å²) in [5.74, 6) is -0.576. The third kappa shape index (κ3) is 4.37. The molecule has 0 saturated heterocycles. The van der Waals surface area contributed by atoms with Gasteiger partial charge in [-0.1, -0.05) is 23.7 Å². The van der Waals surface area contributed by atoms with Gasteiger partial charge in [-0.3, -0.25) is 18.7 Å². The Labute approximate surface area is 195 Å². The summed E-state index contributed by atoms with van der Waals surface area (Å²) in [7, 11) is -0.634. The lowest BCUT2D eigenvalue weighted by atomic mass is 10.2. The monoisotopic (exact) mass is 484 g/mol. The van der Waals surface area contributed by atoms with E-state index in [1.165, 1.54) is 27.3 Å². The zero-order valence-electron chi connectivity index (χ0n) is 18.1. The normalized spacial score (nSPS) is 11.5. The van der Waals surface area contributed by atoms with E-state index in [4.69, 9.17) is 11.6 Å². The van der Waals surface area contributed by atoms with Crippen LogP contribution in [0, 0.1) is 6.92 Å². The number of fused-ring (bicyclic) bond motifs is 1. The van der Waals surface area contributed by atoms with Gasteiger partial charge >= 0.3 is 5.69 Å². The molecule has 0 aliphatic rings. The Bertz CT molecular complexity index is 1570. The zero-order valence-corrected chi connectivity index (χ0v) is 19.7. The van der Waals surface area contributed by atoms with Crippen LogP contribution in [-0.2, 0) is 24.1 Å². The van der Waals surface area contributed by atoms with Gasteiger partial charge in [-0.25, -0.2) is 13.2 Å². The predicted octanol–water partition coefficient (Wildman–Crippen LogP) is 3.89. The van der Waals surface area contributed by atoms with Crippen molar-refractivity contribution >= 4 is 49.9 Å². The molecule has 0 aliphatic heterocycles. The van der Waals surface area contributed by atoms with Gasteiger partial charge in [-0.05, 0) is 61.0 Å². The number of rotatable bonds is 5. The van der Waals surface area contributed by atoms with Crippen molar-refractivity contribution in [2.45, 2.75) is 11.8 Å². The molecule has 1 aromatic heterocycles. The van der Waals surface area contributed by atoms with Crippen LogP contribution >= 0.6 is 11.6 Å². The lowest BCUT2D eigenvalue weighted by Crippen LogP contribution is -2.19. The van der Waals surface area contributed by atoms with Crippen molar-refractivity contribution in [1.29, 1.82) is 0 Å². The highest BCUT2D eigenvalue weighted by Gasteiger charge is 2.20. The summed E-state index contributed by atoms with van der Waals surface area (Å²) in [5.41, 5.74) is 2.94. The number of sulfonamides is 1. The second kappa shape index (κ2) is 8.42. The summed E-state index contributed by atoms with van der Waals surface area (Å²) in [5, 5.41) is 2.83. The average molecular weight is 485 g/mol. The van der Waals surface area contributed by atoms with E-state index in [-0.39, 0.29) is 21.2 Å². The highest BCUT2D eigenvalue weighted by Crippen LogP contribution is 2.25. The minimum atomic E-state index is -3.94. The fourth-order valence-corrected chi connectivity index (χ4v) is 4.83. The maximum absolute atomic E-state index is 12.9. The van der Waals surface area contributed by atoms with E-state index in [0.29, 0.717) is 22.4 Å². The minimum Gasteiger partial charge on any atom is -0.322 e. The third-order valence-corrected chi connectivity index (χ3v) is 7.00. The molecule has 8 nitrogen and oxygen atoms in total. The van der Waals surface area contributed by atoms with Gasteiger partial charge in [0, 0.05) is 25.5 Å². The molecule has 4 aromatic rings. The number of aromatic nitrogens is 2. The summed E-state index contributed by atoms with van der Waals surface area (Å²) >= 11 is 6.21. The first-order chi connectivity index (χ1) is 15.6. The second-order valence-electron chi connectivity index (χ2n) is 7.67. The largest absolute Gasteiger partial charge is 0.328 e. The number of hydrogen-bond donors (Lipinski definition) is 2. The third-order valence-electron chi connectivity index (χ3n) is 5.29. The molecule has 0 unspecified atom stereocenters. The number of carbonyl (C=O) groups is 1. The van der Waals surface area contributed by atoms with Gasteiger partial charge in [-0.15, -0.1) is 0 Å². The molecule has 3 aromatic carbocycles. The molecule has 0 bridgehead atoms. The highest BCUT2D eigenvalue weighted by atomic mass is 35.5. The Kier molecular flexibility index (Phi) is 5.77. The Morgan fingerprint density at radius 2 is 1.64 bits per heavy atom. The first kappa shape index (κ1) is 22.6. The van der Waals surface area contributed by atoms with E-state index >= 15 is 0 Å². The van der Waals surface area contributed by atoms with E-state index in [0.717, 1.165) is 5.56 Å². The fourth-order valence-electron chi connectivity index (χ4n) is 3.55. The number of amides is 1. The molecular weight excluding hydrogens is 464 g/mol. The van der Waals surface area contributed by atoms with Crippen molar-refractivity contribution in [3.63, 3.8) is 0 Å². The van der Waals surface area contributed by atoms with Crippen molar-refractivity contribution < 1.29 is 13.2 Å². The van der Waals surface area contributed by atoms with Gasteiger partial charge in [0.1, 0.15) is 0 Å². The molecule has 33 heavy (non-hydrogen) atoms. The standard InChI is InChI=1S/C23H21ClN4O4S/c1-14-5-4-6-16(11-14)26-33(31,32)17-8-9-19(24)18(13-17)22(29)25-15-7-10-20-21(12-15)28(3)23(30)27(20)2/h4-13,26H,1-3H3,(H,25,29). The van der Waals surface area contributed by atoms with Crippen LogP contribution in [0.4, 0.5) is 11.4 Å². The number of carbonyl (C=O) groups excluding carboxylic acids is 1. The fraction of sp³-hybridized carbons (Fsp3) is 0.130. The van der Waals surface area contributed by atoms with Crippen LogP contribution in [0.2, 0.25) is 5.02 Å². The first-order valence-corrected chi connectivity index (χ1v) is 11.8. The number of halogens is 1. The molecule has 0 radical (unpaired) electrons. The Morgan fingerprint density at radius 3 is 2.36 bits per heavy atom. The Hall–Kier alpha value is -3.56. The highest BCUT2D eigenvalue weighted by molar-refractivity contribution is 7.92. The summed E-state index contributed by atoms with van der Waals surface area (Å²) in [6.07, 6.45) is 0. The zero-order chi connectivity index (χ0) is 23.9. The van der Waals surface area contributed by atoms with Gasteiger partial charge in [0.2, 0.25) is 0 Å². The first-order valence-electron chi connectivity index (χ1n) is 9.93.